The molecule has 1 heterocycles. The smallest absolute Gasteiger partial charge is 0.308 e. The number of carbonyl (C=O) groups excluding carboxylic acids is 2. The molecule has 1 atom stereocenters. The van der Waals surface area contributed by atoms with Crippen LogP contribution in [0.1, 0.15) is 43.1 Å². The summed E-state index contributed by atoms with van der Waals surface area (Å²) in [6.45, 7) is 6.50. The average molecular weight is 375 g/mol. The van der Waals surface area contributed by atoms with E-state index in [1.807, 2.05) is 39.2 Å². The van der Waals surface area contributed by atoms with Crippen LogP contribution in [-0.2, 0) is 16.0 Å². The normalized spacial score (nSPS) is 17.3. The second-order valence-corrected chi connectivity index (χ2v) is 7.70. The molecule has 0 unspecified atom stereocenters. The number of thioether (sulfide) groups is 1. The summed E-state index contributed by atoms with van der Waals surface area (Å²) in [6.07, 6.45) is 2.27. The van der Waals surface area contributed by atoms with Gasteiger partial charge in [-0.3, -0.25) is 14.4 Å². The zero-order valence-corrected chi connectivity index (χ0v) is 16.4. The predicted molar refractivity (Wildman–Crippen MR) is 103 cm³/mol. The summed E-state index contributed by atoms with van der Waals surface area (Å²) in [7, 11) is 0. The Morgan fingerprint density at radius 1 is 1.23 bits per heavy atom. The van der Waals surface area contributed by atoms with E-state index in [0.717, 1.165) is 12.0 Å². The Morgan fingerprint density at radius 3 is 2.31 bits per heavy atom. The highest BCUT2D eigenvalue weighted by Gasteiger charge is 2.42. The first-order valence-electron chi connectivity index (χ1n) is 8.72. The lowest BCUT2D eigenvalue weighted by Crippen LogP contribution is -2.37. The van der Waals surface area contributed by atoms with E-state index in [-0.39, 0.29) is 23.2 Å². The van der Waals surface area contributed by atoms with Crippen molar-refractivity contribution in [1.29, 1.82) is 0 Å². The van der Waals surface area contributed by atoms with Crippen LogP contribution in [0.15, 0.2) is 35.4 Å². The van der Waals surface area contributed by atoms with Crippen LogP contribution in [0.5, 0.6) is 0 Å². The quantitative estimate of drug-likeness (QED) is 0.705. The van der Waals surface area contributed by atoms with Crippen molar-refractivity contribution in [2.75, 3.05) is 12.8 Å². The third kappa shape index (κ3) is 4.18. The van der Waals surface area contributed by atoms with Crippen molar-refractivity contribution in [2.24, 2.45) is 5.92 Å². The molecule has 1 aliphatic heterocycles. The summed E-state index contributed by atoms with van der Waals surface area (Å²) in [5.74, 6) is -1.49. The van der Waals surface area contributed by atoms with E-state index in [9.17, 15) is 19.5 Å². The van der Waals surface area contributed by atoms with Gasteiger partial charge in [0, 0.05) is 23.3 Å². The highest BCUT2D eigenvalue weighted by molar-refractivity contribution is 7.99. The predicted octanol–water partition coefficient (Wildman–Crippen LogP) is 3.39. The minimum atomic E-state index is -1.11. The van der Waals surface area contributed by atoms with Gasteiger partial charge in [0.2, 0.25) is 0 Å². The van der Waals surface area contributed by atoms with Crippen LogP contribution in [0.4, 0.5) is 0 Å². The Labute approximate surface area is 158 Å². The number of carbonyl (C=O) groups is 3. The summed E-state index contributed by atoms with van der Waals surface area (Å²) in [4.78, 5) is 38.9. The molecule has 5 nitrogen and oxygen atoms in total. The van der Waals surface area contributed by atoms with Crippen LogP contribution in [0.2, 0.25) is 0 Å². The zero-order valence-electron chi connectivity index (χ0n) is 15.6. The molecule has 0 radical (unpaired) electrons. The lowest BCUT2D eigenvalue weighted by molar-refractivity contribution is -0.137. The number of benzene rings is 1. The lowest BCUT2D eigenvalue weighted by Gasteiger charge is -2.27. The van der Waals surface area contributed by atoms with Gasteiger partial charge in [-0.2, -0.15) is 0 Å². The van der Waals surface area contributed by atoms with Gasteiger partial charge in [-0.15, -0.1) is 11.8 Å². The first kappa shape index (κ1) is 20.2. The van der Waals surface area contributed by atoms with Gasteiger partial charge >= 0.3 is 5.97 Å². The summed E-state index contributed by atoms with van der Waals surface area (Å²) < 4.78 is 0. The molecule has 1 aliphatic rings. The number of aryl methyl sites for hydroxylation is 1. The molecule has 1 aromatic rings. The number of amides is 1. The molecule has 0 aromatic heterocycles. The number of ketones is 1. The second-order valence-electron chi connectivity index (χ2n) is 6.78. The number of nitrogens with zero attached hydrogens (tertiary/aromatic N) is 1. The standard InChI is InChI=1S/C20H25NO4S/c1-5-13-6-8-14(9-7-13)18(24)17-15(10-16(22)23)19(25)21(11-12(2)3)20(17)26-4/h6-9,12,20H,5,10-11H2,1-4H3,(H,22,23)/t20-/m1/s1. The Balaban J connectivity index is 2.49. The van der Waals surface area contributed by atoms with Crippen LogP contribution in [0.3, 0.4) is 0 Å². The minimum Gasteiger partial charge on any atom is -0.481 e. The lowest BCUT2D eigenvalue weighted by atomic mass is 9.97. The van der Waals surface area contributed by atoms with Crippen molar-refractivity contribution >= 4 is 29.4 Å². The minimum absolute atomic E-state index is 0.113. The van der Waals surface area contributed by atoms with E-state index < -0.39 is 17.8 Å². The van der Waals surface area contributed by atoms with Crippen LogP contribution >= 0.6 is 11.8 Å². The number of aliphatic carboxylic acids is 1. The largest absolute Gasteiger partial charge is 0.481 e. The fourth-order valence-corrected chi connectivity index (χ4v) is 4.06. The third-order valence-corrected chi connectivity index (χ3v) is 5.29. The molecule has 6 heteroatoms. The molecule has 0 aliphatic carbocycles. The van der Waals surface area contributed by atoms with Gasteiger partial charge in [0.1, 0.15) is 5.37 Å². The first-order valence-corrected chi connectivity index (χ1v) is 10.0. The maximum absolute atomic E-state index is 13.1. The molecule has 0 saturated carbocycles. The average Bonchev–Trinajstić information content (AvgIpc) is 2.85. The van der Waals surface area contributed by atoms with Gasteiger partial charge in [0.15, 0.2) is 5.78 Å². The van der Waals surface area contributed by atoms with Crippen molar-refractivity contribution in [3.8, 4) is 0 Å². The van der Waals surface area contributed by atoms with Crippen molar-refractivity contribution in [2.45, 2.75) is 39.0 Å². The maximum atomic E-state index is 13.1. The molecule has 1 aromatic carbocycles. The molecular formula is C20H25NO4S. The first-order chi connectivity index (χ1) is 12.3. The van der Waals surface area contributed by atoms with E-state index in [2.05, 4.69) is 0 Å². The molecule has 2 rings (SSSR count). The van der Waals surface area contributed by atoms with E-state index in [1.54, 1.807) is 17.0 Å². The molecule has 0 spiro atoms. The van der Waals surface area contributed by atoms with E-state index in [0.29, 0.717) is 17.7 Å². The number of hydrogen-bond acceptors (Lipinski definition) is 4. The SMILES string of the molecule is CCc1ccc(C(=O)C2=C(CC(=O)O)C(=O)N(CC(C)C)[C@@H]2SC)cc1. The third-order valence-electron chi connectivity index (χ3n) is 4.36. The fourth-order valence-electron chi connectivity index (χ4n) is 3.14. The molecule has 0 fully saturated rings. The van der Waals surface area contributed by atoms with Gasteiger partial charge in [-0.25, -0.2) is 0 Å². The molecule has 1 amide bonds. The van der Waals surface area contributed by atoms with Crippen molar-refractivity contribution < 1.29 is 19.5 Å². The number of carboxylic acid groups (broad SMARTS) is 1. The molecule has 1 N–H and O–H groups in total. The Bertz CT molecular complexity index is 737. The van der Waals surface area contributed by atoms with Crippen molar-refractivity contribution in [3.63, 3.8) is 0 Å². The molecule has 0 saturated heterocycles. The molecular weight excluding hydrogens is 350 g/mol. The summed E-state index contributed by atoms with van der Waals surface area (Å²) in [6, 6.07) is 7.28. The number of hydrogen-bond donors (Lipinski definition) is 1. The summed E-state index contributed by atoms with van der Waals surface area (Å²) in [5, 5.41) is 8.79. The fraction of sp³-hybridized carbons (Fsp3) is 0.450. The molecule has 0 bridgehead atoms. The van der Waals surface area contributed by atoms with E-state index in [4.69, 9.17) is 0 Å². The van der Waals surface area contributed by atoms with Crippen LogP contribution in [-0.4, -0.2) is 45.8 Å². The Kier molecular flexibility index (Phi) is 6.64. The monoisotopic (exact) mass is 375 g/mol. The molecule has 140 valence electrons. The maximum Gasteiger partial charge on any atom is 0.308 e. The van der Waals surface area contributed by atoms with E-state index >= 15 is 0 Å². The number of Topliss-reactive ketones (excluding diaryl/α,β-unsaturated/α-hetero) is 1. The van der Waals surface area contributed by atoms with Gasteiger partial charge in [0.25, 0.3) is 5.91 Å². The Morgan fingerprint density at radius 2 is 1.85 bits per heavy atom. The van der Waals surface area contributed by atoms with Gasteiger partial charge in [0.05, 0.1) is 6.42 Å². The van der Waals surface area contributed by atoms with Gasteiger partial charge in [-0.05, 0) is 24.2 Å². The summed E-state index contributed by atoms with van der Waals surface area (Å²) in [5.41, 5.74) is 2.03. The summed E-state index contributed by atoms with van der Waals surface area (Å²) >= 11 is 1.39. The van der Waals surface area contributed by atoms with Crippen LogP contribution in [0, 0.1) is 5.92 Å². The highest BCUT2D eigenvalue weighted by atomic mass is 32.2. The zero-order chi connectivity index (χ0) is 19.4. The van der Waals surface area contributed by atoms with E-state index in [1.165, 1.54) is 11.8 Å². The molecule has 26 heavy (non-hydrogen) atoms. The van der Waals surface area contributed by atoms with Crippen LogP contribution in [0.25, 0.3) is 0 Å². The topological polar surface area (TPSA) is 74.7 Å². The van der Waals surface area contributed by atoms with Crippen molar-refractivity contribution in [3.05, 3.63) is 46.5 Å². The number of rotatable bonds is 8. The Hall–Kier alpha value is -2.08. The van der Waals surface area contributed by atoms with Gasteiger partial charge in [-0.1, -0.05) is 45.0 Å². The van der Waals surface area contributed by atoms with Gasteiger partial charge < -0.3 is 10.0 Å². The second kappa shape index (κ2) is 8.54. The number of carboxylic acids is 1. The van der Waals surface area contributed by atoms with Crippen molar-refractivity contribution in [1.82, 2.24) is 4.90 Å². The van der Waals surface area contributed by atoms with Crippen LogP contribution < -0.4 is 0 Å². The highest BCUT2D eigenvalue weighted by Crippen LogP contribution is 2.36.